The van der Waals surface area contributed by atoms with Gasteiger partial charge in [-0.15, -0.1) is 0 Å². The molecule has 0 bridgehead atoms. The van der Waals surface area contributed by atoms with Crippen molar-refractivity contribution < 1.29 is 24.2 Å². The Morgan fingerprint density at radius 3 is 2.62 bits per heavy atom. The van der Waals surface area contributed by atoms with Crippen molar-refractivity contribution in [3.8, 4) is 5.75 Å². The van der Waals surface area contributed by atoms with E-state index in [9.17, 15) is 19.5 Å². The van der Waals surface area contributed by atoms with Crippen LogP contribution in [0, 0.1) is 18.8 Å². The van der Waals surface area contributed by atoms with Crippen LogP contribution in [-0.2, 0) is 27.4 Å². The Kier molecular flexibility index (Phi) is 7.72. The van der Waals surface area contributed by atoms with Crippen molar-refractivity contribution in [3.05, 3.63) is 44.9 Å². The van der Waals surface area contributed by atoms with E-state index in [0.29, 0.717) is 56.1 Å². The minimum Gasteiger partial charge on any atom is -0.487 e. The zero-order chi connectivity index (χ0) is 26.1. The van der Waals surface area contributed by atoms with E-state index in [2.05, 4.69) is 4.37 Å². The van der Waals surface area contributed by atoms with E-state index in [0.717, 1.165) is 41.0 Å². The van der Waals surface area contributed by atoms with Gasteiger partial charge in [-0.2, -0.15) is 4.37 Å². The van der Waals surface area contributed by atoms with Crippen molar-refractivity contribution in [1.29, 1.82) is 0 Å². The third-order valence-corrected chi connectivity index (χ3v) is 8.96. The smallest absolute Gasteiger partial charge is 0.307 e. The number of carbonyl (C=O) groups is 3. The summed E-state index contributed by atoms with van der Waals surface area (Å²) in [5, 5.41) is 10.4. The van der Waals surface area contributed by atoms with Gasteiger partial charge >= 0.3 is 5.97 Å². The summed E-state index contributed by atoms with van der Waals surface area (Å²) in [5.41, 5.74) is 2.57. The van der Waals surface area contributed by atoms with Crippen LogP contribution in [0.1, 0.15) is 66.3 Å². The van der Waals surface area contributed by atoms with Crippen LogP contribution >= 0.6 is 23.1 Å². The van der Waals surface area contributed by atoms with E-state index in [1.54, 1.807) is 4.90 Å². The van der Waals surface area contributed by atoms with E-state index in [4.69, 9.17) is 16.3 Å². The second kappa shape index (κ2) is 11.0. The number of aromatic nitrogens is 1. The van der Waals surface area contributed by atoms with Gasteiger partial charge in [-0.3, -0.25) is 14.4 Å². The van der Waals surface area contributed by atoms with Gasteiger partial charge in [-0.05, 0) is 67.9 Å². The highest BCUT2D eigenvalue weighted by molar-refractivity contribution is 7.05. The predicted molar refractivity (Wildman–Crippen MR) is 140 cm³/mol. The van der Waals surface area contributed by atoms with Gasteiger partial charge in [0.1, 0.15) is 12.4 Å². The van der Waals surface area contributed by atoms with Crippen molar-refractivity contribution in [2.45, 2.75) is 64.5 Å². The van der Waals surface area contributed by atoms with Crippen molar-refractivity contribution >= 4 is 40.9 Å². The van der Waals surface area contributed by atoms with Crippen LogP contribution in [0.3, 0.4) is 0 Å². The molecule has 198 valence electrons. The first kappa shape index (κ1) is 26.0. The molecule has 3 aliphatic rings. The predicted octanol–water partition coefficient (Wildman–Crippen LogP) is 4.62. The summed E-state index contributed by atoms with van der Waals surface area (Å²) in [6.45, 7) is 3.69. The largest absolute Gasteiger partial charge is 0.487 e. The molecule has 1 saturated carbocycles. The zero-order valence-electron chi connectivity index (χ0n) is 21.0. The topological polar surface area (TPSA) is 100 Å². The van der Waals surface area contributed by atoms with Gasteiger partial charge in [0.15, 0.2) is 0 Å². The van der Waals surface area contributed by atoms with E-state index in [1.165, 1.54) is 11.5 Å². The molecule has 37 heavy (non-hydrogen) atoms. The zero-order valence-corrected chi connectivity index (χ0v) is 22.5. The van der Waals surface area contributed by atoms with Crippen LogP contribution in [0.15, 0.2) is 18.2 Å². The summed E-state index contributed by atoms with van der Waals surface area (Å²) in [4.78, 5) is 43.3. The number of hydrogen-bond donors (Lipinski definition) is 1. The SMILES string of the molecule is Cc1cc(COc2ccc(Cl)c3c2[C@@H](CN2CCCC2=O)N(C(=O)[C@@H]2CCCC[C@@H]2C(=O)O)CC3)ns1. The maximum absolute atomic E-state index is 14.0. The van der Waals surface area contributed by atoms with Crippen molar-refractivity contribution in [2.24, 2.45) is 11.8 Å². The van der Waals surface area contributed by atoms with Gasteiger partial charge in [0.25, 0.3) is 0 Å². The molecule has 2 amide bonds. The van der Waals surface area contributed by atoms with E-state index < -0.39 is 23.8 Å². The second-order valence-corrected chi connectivity index (χ2v) is 11.6. The van der Waals surface area contributed by atoms with E-state index in [1.807, 2.05) is 30.0 Å². The fourth-order valence-corrected chi connectivity index (χ4v) is 6.85. The fourth-order valence-electron chi connectivity index (χ4n) is 6.04. The molecule has 1 aromatic carbocycles. The van der Waals surface area contributed by atoms with Crippen LogP contribution in [0.25, 0.3) is 0 Å². The third kappa shape index (κ3) is 5.34. The first-order valence-corrected chi connectivity index (χ1v) is 14.2. The Balaban J connectivity index is 1.51. The summed E-state index contributed by atoms with van der Waals surface area (Å²) in [5.74, 6) is -1.60. The number of likely N-dealkylation sites (tertiary alicyclic amines) is 1. The molecule has 0 spiro atoms. The monoisotopic (exact) mass is 545 g/mol. The molecule has 2 aromatic rings. The summed E-state index contributed by atoms with van der Waals surface area (Å²) >= 11 is 8.08. The molecule has 1 aromatic heterocycles. The Morgan fingerprint density at radius 2 is 1.95 bits per heavy atom. The lowest BCUT2D eigenvalue weighted by atomic mass is 9.77. The molecule has 0 unspecified atom stereocenters. The van der Waals surface area contributed by atoms with Crippen LogP contribution in [0.2, 0.25) is 5.02 Å². The number of rotatable bonds is 7. The molecular formula is C27H32ClN3O5S. The number of benzene rings is 1. The van der Waals surface area contributed by atoms with E-state index >= 15 is 0 Å². The Hall–Kier alpha value is -2.65. The standard InChI is InChI=1S/C27H32ClN3O5S/c1-16-13-17(29-37-16)15-36-23-9-8-21(28)20-10-12-31(22(25(20)23)14-30-11-4-7-24(30)32)26(33)18-5-2-3-6-19(18)27(34)35/h8-9,13,18-19,22H,2-7,10-12,14-15H2,1H3,(H,34,35)/t18-,19+,22-/m1/s1. The molecule has 3 heterocycles. The number of nitrogens with zero attached hydrogens (tertiary/aromatic N) is 3. The van der Waals surface area contributed by atoms with Crippen molar-refractivity contribution in [3.63, 3.8) is 0 Å². The number of amides is 2. The highest BCUT2D eigenvalue weighted by Gasteiger charge is 2.43. The lowest BCUT2D eigenvalue weighted by Gasteiger charge is -2.43. The Labute approximate surface area is 225 Å². The molecule has 10 heteroatoms. The van der Waals surface area contributed by atoms with Crippen LogP contribution in [0.4, 0.5) is 0 Å². The van der Waals surface area contributed by atoms with Gasteiger partial charge in [0.05, 0.1) is 23.6 Å². The Bertz CT molecular complexity index is 1200. The first-order valence-electron chi connectivity index (χ1n) is 13.0. The maximum Gasteiger partial charge on any atom is 0.307 e. The third-order valence-electron chi connectivity index (χ3n) is 7.87. The van der Waals surface area contributed by atoms with Crippen LogP contribution < -0.4 is 4.74 Å². The van der Waals surface area contributed by atoms with Gasteiger partial charge in [-0.25, -0.2) is 0 Å². The number of carbonyl (C=O) groups excluding carboxylic acids is 2. The number of aryl methyl sites for hydroxylation is 1. The molecule has 5 rings (SSSR count). The molecule has 3 atom stereocenters. The van der Waals surface area contributed by atoms with Gasteiger partial charge in [0, 0.05) is 41.5 Å². The summed E-state index contributed by atoms with van der Waals surface area (Å²) in [6, 6.07) is 5.17. The number of carboxylic acid groups (broad SMARTS) is 1. The van der Waals surface area contributed by atoms with Crippen molar-refractivity contribution in [2.75, 3.05) is 19.6 Å². The van der Waals surface area contributed by atoms with Gasteiger partial charge in [0.2, 0.25) is 11.8 Å². The second-order valence-electron chi connectivity index (χ2n) is 10.2. The highest BCUT2D eigenvalue weighted by atomic mass is 35.5. The molecule has 2 aliphatic heterocycles. The van der Waals surface area contributed by atoms with E-state index in [-0.39, 0.29) is 18.4 Å². The maximum atomic E-state index is 14.0. The van der Waals surface area contributed by atoms with Gasteiger partial charge < -0.3 is 19.6 Å². The summed E-state index contributed by atoms with van der Waals surface area (Å²) in [7, 11) is 0. The molecule has 1 aliphatic carbocycles. The highest BCUT2D eigenvalue weighted by Crippen LogP contribution is 2.43. The number of carboxylic acids is 1. The molecule has 1 saturated heterocycles. The number of aliphatic carboxylic acids is 1. The molecule has 1 N–H and O–H groups in total. The molecule has 0 radical (unpaired) electrons. The summed E-state index contributed by atoms with van der Waals surface area (Å²) < 4.78 is 10.7. The normalized spacial score (nSPS) is 23.7. The average molecular weight is 546 g/mol. The minimum atomic E-state index is -0.910. The summed E-state index contributed by atoms with van der Waals surface area (Å²) in [6.07, 6.45) is 4.57. The number of ether oxygens (including phenoxy) is 1. The average Bonchev–Trinajstić information content (AvgIpc) is 3.50. The van der Waals surface area contributed by atoms with Gasteiger partial charge in [-0.1, -0.05) is 24.4 Å². The van der Waals surface area contributed by atoms with Crippen LogP contribution in [0.5, 0.6) is 5.75 Å². The van der Waals surface area contributed by atoms with Crippen molar-refractivity contribution in [1.82, 2.24) is 14.2 Å². The lowest BCUT2D eigenvalue weighted by molar-refractivity contribution is -0.154. The molecular weight excluding hydrogens is 514 g/mol. The number of fused-ring (bicyclic) bond motifs is 1. The Morgan fingerprint density at radius 1 is 1.16 bits per heavy atom. The quantitative estimate of drug-likeness (QED) is 0.545. The van der Waals surface area contributed by atoms with Crippen LogP contribution in [-0.4, -0.2) is 56.7 Å². The molecule has 2 fully saturated rings. The number of halogens is 1. The number of hydrogen-bond acceptors (Lipinski definition) is 6. The minimum absolute atomic E-state index is 0.0723. The lowest BCUT2D eigenvalue weighted by Crippen LogP contribution is -2.50. The molecule has 8 nitrogen and oxygen atoms in total. The fraction of sp³-hybridized carbons (Fsp3) is 0.556. The first-order chi connectivity index (χ1) is 17.8.